The highest BCUT2D eigenvalue weighted by molar-refractivity contribution is 7.99. The molecule has 1 aromatic rings. The Morgan fingerprint density at radius 3 is 2.46 bits per heavy atom. The van der Waals surface area contributed by atoms with E-state index >= 15 is 0 Å². The third kappa shape index (κ3) is 3.73. The lowest BCUT2D eigenvalue weighted by molar-refractivity contribution is 0.475. The van der Waals surface area contributed by atoms with Crippen molar-refractivity contribution in [3.63, 3.8) is 0 Å². The second kappa shape index (κ2) is 5.18. The zero-order valence-corrected chi connectivity index (χ0v) is 8.97. The Morgan fingerprint density at radius 2 is 1.92 bits per heavy atom. The van der Waals surface area contributed by atoms with Crippen LogP contribution in [-0.2, 0) is 0 Å². The van der Waals surface area contributed by atoms with Gasteiger partial charge in [-0.15, -0.1) is 11.8 Å². The molecule has 1 nitrogen and oxygen atoms in total. The molecule has 0 aromatic heterocycles. The van der Waals surface area contributed by atoms with Gasteiger partial charge in [-0.3, -0.25) is 0 Å². The molecule has 0 radical (unpaired) electrons. The fourth-order valence-electron chi connectivity index (χ4n) is 1.22. The van der Waals surface area contributed by atoms with Crippen LogP contribution in [0.4, 0.5) is 0 Å². The highest BCUT2D eigenvalue weighted by atomic mass is 32.2. The van der Waals surface area contributed by atoms with Crippen LogP contribution in [0.1, 0.15) is 26.7 Å². The van der Waals surface area contributed by atoms with Crippen molar-refractivity contribution < 1.29 is 5.11 Å². The van der Waals surface area contributed by atoms with E-state index in [9.17, 15) is 0 Å². The van der Waals surface area contributed by atoms with Crippen LogP contribution in [0, 0.1) is 0 Å². The number of hydrogen-bond donors (Lipinski definition) is 1. The lowest BCUT2D eigenvalue weighted by atomic mass is 10.3. The fraction of sp³-hybridized carbons (Fsp3) is 0.455. The van der Waals surface area contributed by atoms with Crippen molar-refractivity contribution in [1.82, 2.24) is 0 Å². The average Bonchev–Trinajstić information content (AvgIpc) is 2.09. The van der Waals surface area contributed by atoms with Crippen LogP contribution in [0.25, 0.3) is 0 Å². The molecule has 1 N–H and O–H groups in total. The van der Waals surface area contributed by atoms with Crippen LogP contribution in [0.15, 0.2) is 29.2 Å². The van der Waals surface area contributed by atoms with Gasteiger partial charge in [-0.25, -0.2) is 0 Å². The molecule has 0 spiro atoms. The van der Waals surface area contributed by atoms with Crippen molar-refractivity contribution in [3.05, 3.63) is 24.3 Å². The molecule has 1 rings (SSSR count). The SMILES string of the molecule is CCCC(C)Sc1ccc(O)cc1. The summed E-state index contributed by atoms with van der Waals surface area (Å²) in [4.78, 5) is 1.23. The van der Waals surface area contributed by atoms with Crippen LogP contribution in [0.5, 0.6) is 5.75 Å². The predicted molar refractivity (Wildman–Crippen MR) is 58.3 cm³/mol. The van der Waals surface area contributed by atoms with Gasteiger partial charge < -0.3 is 5.11 Å². The quantitative estimate of drug-likeness (QED) is 0.741. The van der Waals surface area contributed by atoms with Crippen molar-refractivity contribution in [2.45, 2.75) is 36.8 Å². The van der Waals surface area contributed by atoms with Crippen LogP contribution in [-0.4, -0.2) is 10.4 Å². The van der Waals surface area contributed by atoms with Gasteiger partial charge in [-0.1, -0.05) is 20.3 Å². The Hall–Kier alpha value is -0.630. The standard InChI is InChI=1S/C11H16OS/c1-3-4-9(2)13-11-7-5-10(12)6-8-11/h5-9,12H,3-4H2,1-2H3. The average molecular weight is 196 g/mol. The third-order valence-electron chi connectivity index (χ3n) is 1.87. The van der Waals surface area contributed by atoms with Gasteiger partial charge in [0.15, 0.2) is 0 Å². The third-order valence-corrected chi connectivity index (χ3v) is 3.05. The molecule has 72 valence electrons. The molecule has 0 heterocycles. The molecule has 0 saturated heterocycles. The minimum absolute atomic E-state index is 0.340. The maximum atomic E-state index is 9.08. The Labute approximate surface area is 84.2 Å². The summed E-state index contributed by atoms with van der Waals surface area (Å²) in [6.45, 7) is 4.44. The van der Waals surface area contributed by atoms with E-state index in [1.807, 2.05) is 23.9 Å². The first-order chi connectivity index (χ1) is 6.22. The molecule has 0 aliphatic carbocycles. The predicted octanol–water partition coefficient (Wildman–Crippen LogP) is 3.67. The first kappa shape index (κ1) is 10.5. The van der Waals surface area contributed by atoms with Gasteiger partial charge in [0.05, 0.1) is 0 Å². The van der Waals surface area contributed by atoms with Crippen molar-refractivity contribution in [1.29, 1.82) is 0 Å². The molecule has 0 fully saturated rings. The molecular formula is C11H16OS. The molecule has 0 aliphatic heterocycles. The van der Waals surface area contributed by atoms with Crippen molar-refractivity contribution in [2.75, 3.05) is 0 Å². The Kier molecular flexibility index (Phi) is 4.16. The summed E-state index contributed by atoms with van der Waals surface area (Å²) in [7, 11) is 0. The van der Waals surface area contributed by atoms with Gasteiger partial charge >= 0.3 is 0 Å². The molecule has 0 bridgehead atoms. The molecule has 2 heteroatoms. The maximum absolute atomic E-state index is 9.08. The molecule has 0 amide bonds. The molecular weight excluding hydrogens is 180 g/mol. The van der Waals surface area contributed by atoms with Gasteiger partial charge in [0.1, 0.15) is 5.75 Å². The first-order valence-corrected chi connectivity index (χ1v) is 5.56. The van der Waals surface area contributed by atoms with E-state index in [4.69, 9.17) is 5.11 Å². The lowest BCUT2D eigenvalue weighted by Gasteiger charge is -2.09. The number of thioether (sulfide) groups is 1. The first-order valence-electron chi connectivity index (χ1n) is 4.68. The molecule has 1 aromatic carbocycles. The van der Waals surface area contributed by atoms with Crippen molar-refractivity contribution in [2.24, 2.45) is 0 Å². The Balaban J connectivity index is 2.49. The number of phenols is 1. The molecule has 13 heavy (non-hydrogen) atoms. The number of benzene rings is 1. The van der Waals surface area contributed by atoms with Crippen LogP contribution < -0.4 is 0 Å². The van der Waals surface area contributed by atoms with E-state index in [2.05, 4.69) is 13.8 Å². The normalized spacial score (nSPS) is 12.8. The monoisotopic (exact) mass is 196 g/mol. The van der Waals surface area contributed by atoms with Gasteiger partial charge in [-0.2, -0.15) is 0 Å². The van der Waals surface area contributed by atoms with E-state index in [0.29, 0.717) is 11.0 Å². The summed E-state index contributed by atoms with van der Waals surface area (Å²) in [5.41, 5.74) is 0. The van der Waals surface area contributed by atoms with Crippen LogP contribution in [0.3, 0.4) is 0 Å². The van der Waals surface area contributed by atoms with Crippen molar-refractivity contribution >= 4 is 11.8 Å². The second-order valence-electron chi connectivity index (χ2n) is 3.21. The summed E-state index contributed by atoms with van der Waals surface area (Å²) in [6, 6.07) is 7.40. The summed E-state index contributed by atoms with van der Waals surface area (Å²) >= 11 is 1.87. The van der Waals surface area contributed by atoms with Crippen LogP contribution in [0.2, 0.25) is 0 Å². The maximum Gasteiger partial charge on any atom is 0.115 e. The van der Waals surface area contributed by atoms with Gasteiger partial charge in [0, 0.05) is 10.1 Å². The van der Waals surface area contributed by atoms with E-state index < -0.39 is 0 Å². The minimum Gasteiger partial charge on any atom is -0.508 e. The molecule has 0 aliphatic rings. The smallest absolute Gasteiger partial charge is 0.115 e. The van der Waals surface area contributed by atoms with Crippen LogP contribution >= 0.6 is 11.8 Å². The van der Waals surface area contributed by atoms with Gasteiger partial charge in [-0.05, 0) is 30.7 Å². The molecule has 0 saturated carbocycles. The lowest BCUT2D eigenvalue weighted by Crippen LogP contribution is -1.93. The second-order valence-corrected chi connectivity index (χ2v) is 4.72. The highest BCUT2D eigenvalue weighted by Crippen LogP contribution is 2.26. The Morgan fingerprint density at radius 1 is 1.31 bits per heavy atom. The summed E-state index contributed by atoms with van der Waals surface area (Å²) in [6.07, 6.45) is 2.47. The molecule has 1 atom stereocenters. The van der Waals surface area contributed by atoms with Gasteiger partial charge in [0.2, 0.25) is 0 Å². The number of aromatic hydroxyl groups is 1. The highest BCUT2D eigenvalue weighted by Gasteiger charge is 2.02. The van der Waals surface area contributed by atoms with E-state index in [1.165, 1.54) is 17.7 Å². The molecule has 1 unspecified atom stereocenters. The number of rotatable bonds is 4. The number of phenolic OH excluding ortho intramolecular Hbond substituents is 1. The minimum atomic E-state index is 0.340. The largest absolute Gasteiger partial charge is 0.508 e. The van der Waals surface area contributed by atoms with E-state index in [0.717, 1.165) is 0 Å². The number of hydrogen-bond acceptors (Lipinski definition) is 2. The van der Waals surface area contributed by atoms with E-state index in [-0.39, 0.29) is 0 Å². The summed E-state index contributed by atoms with van der Waals surface area (Å²) in [5.74, 6) is 0.340. The zero-order chi connectivity index (χ0) is 9.68. The summed E-state index contributed by atoms with van der Waals surface area (Å²) in [5, 5.41) is 9.75. The zero-order valence-electron chi connectivity index (χ0n) is 8.16. The van der Waals surface area contributed by atoms with Gasteiger partial charge in [0.25, 0.3) is 0 Å². The summed E-state index contributed by atoms with van der Waals surface area (Å²) < 4.78 is 0. The van der Waals surface area contributed by atoms with Crippen molar-refractivity contribution in [3.8, 4) is 5.75 Å². The van der Waals surface area contributed by atoms with E-state index in [1.54, 1.807) is 12.1 Å². The topological polar surface area (TPSA) is 20.2 Å². The Bertz CT molecular complexity index is 243. The fourth-order valence-corrected chi connectivity index (χ4v) is 2.33.